The second-order valence-electron chi connectivity index (χ2n) is 2.07. The van der Waals surface area contributed by atoms with Crippen LogP contribution in [0.2, 0.25) is 0 Å². The highest BCUT2D eigenvalue weighted by Crippen LogP contribution is 2.47. The molecular formula is C8H13O3P. The van der Waals surface area contributed by atoms with Crippen LogP contribution < -0.4 is 0 Å². The Kier molecular flexibility index (Phi) is 4.87. The Labute approximate surface area is 72.9 Å². The van der Waals surface area contributed by atoms with Gasteiger partial charge in [0.15, 0.2) is 0 Å². The predicted octanol–water partition coefficient (Wildman–Crippen LogP) is 2.72. The minimum atomic E-state index is -3.05. The Morgan fingerprint density at radius 2 is 2.00 bits per heavy atom. The van der Waals surface area contributed by atoms with Crippen molar-refractivity contribution in [2.45, 2.75) is 6.92 Å². The smallest absolute Gasteiger partial charge is 0.309 e. The third-order valence-corrected chi connectivity index (χ3v) is 2.73. The van der Waals surface area contributed by atoms with Gasteiger partial charge in [0.2, 0.25) is 0 Å². The lowest BCUT2D eigenvalue weighted by Crippen LogP contribution is -1.82. The Balaban J connectivity index is 4.73. The molecule has 0 aliphatic heterocycles. The number of hydrogen-bond acceptors (Lipinski definition) is 3. The van der Waals surface area contributed by atoms with Gasteiger partial charge in [0.25, 0.3) is 0 Å². The van der Waals surface area contributed by atoms with Crippen molar-refractivity contribution < 1.29 is 13.6 Å². The third-order valence-electron chi connectivity index (χ3n) is 1.27. The highest BCUT2D eigenvalue weighted by Gasteiger charge is 2.14. The minimum absolute atomic E-state index is 0.782. The lowest BCUT2D eigenvalue weighted by Gasteiger charge is -2.05. The van der Waals surface area contributed by atoms with E-state index >= 15 is 0 Å². The molecule has 0 saturated carbocycles. The van der Waals surface area contributed by atoms with Crippen molar-refractivity contribution in [1.29, 1.82) is 0 Å². The van der Waals surface area contributed by atoms with Gasteiger partial charge < -0.3 is 9.05 Å². The largest absolute Gasteiger partial charge is 0.361 e. The summed E-state index contributed by atoms with van der Waals surface area (Å²) in [6.45, 7) is 5.31. The van der Waals surface area contributed by atoms with Crippen molar-refractivity contribution >= 4 is 7.60 Å². The van der Waals surface area contributed by atoms with Crippen LogP contribution in [0.5, 0.6) is 0 Å². The van der Waals surface area contributed by atoms with E-state index in [4.69, 9.17) is 0 Å². The van der Waals surface area contributed by atoms with Crippen molar-refractivity contribution in [2.24, 2.45) is 0 Å². The quantitative estimate of drug-likeness (QED) is 0.386. The van der Waals surface area contributed by atoms with Crippen LogP contribution in [0, 0.1) is 0 Å². The van der Waals surface area contributed by atoms with E-state index in [2.05, 4.69) is 21.4 Å². The van der Waals surface area contributed by atoms with Crippen molar-refractivity contribution in [3.8, 4) is 0 Å². The second kappa shape index (κ2) is 5.13. The molecule has 3 nitrogen and oxygen atoms in total. The zero-order valence-corrected chi connectivity index (χ0v) is 8.43. The average Bonchev–Trinajstić information content (AvgIpc) is 2.13. The summed E-state index contributed by atoms with van der Waals surface area (Å²) < 4.78 is 20.7. The van der Waals surface area contributed by atoms with E-state index in [0.717, 1.165) is 5.57 Å². The summed E-state index contributed by atoms with van der Waals surface area (Å²) in [7, 11) is -0.403. The zero-order valence-electron chi connectivity index (χ0n) is 7.53. The molecule has 0 aliphatic carbocycles. The van der Waals surface area contributed by atoms with Crippen LogP contribution in [0.1, 0.15) is 6.92 Å². The predicted molar refractivity (Wildman–Crippen MR) is 49.1 cm³/mol. The minimum Gasteiger partial charge on any atom is -0.309 e. The van der Waals surface area contributed by atoms with E-state index in [1.807, 2.05) is 0 Å². The molecule has 0 saturated heterocycles. The Morgan fingerprint density at radius 3 is 2.33 bits per heavy atom. The molecule has 0 aromatic heterocycles. The van der Waals surface area contributed by atoms with Crippen molar-refractivity contribution in [3.05, 3.63) is 29.8 Å². The molecule has 0 atom stereocenters. The number of hydrogen-bond donors (Lipinski definition) is 0. The number of allylic oxidation sites excluding steroid dienone is 2. The molecule has 0 aromatic rings. The molecule has 0 spiro atoms. The SMILES string of the molecule is C=CC(C)=C=CP(=O)(OC)OC. The highest BCUT2D eigenvalue weighted by molar-refractivity contribution is 7.57. The number of rotatable bonds is 4. The van der Waals surface area contributed by atoms with Gasteiger partial charge in [-0.15, -0.1) is 5.73 Å². The normalized spacial score (nSPS) is 10.2. The fourth-order valence-corrected chi connectivity index (χ4v) is 1.14. The fourth-order valence-electron chi connectivity index (χ4n) is 0.420. The van der Waals surface area contributed by atoms with Crippen LogP contribution in [0.15, 0.2) is 29.8 Å². The van der Waals surface area contributed by atoms with Crippen LogP contribution in [0.25, 0.3) is 0 Å². The first-order chi connectivity index (χ1) is 5.58. The molecule has 0 fully saturated rings. The van der Waals surface area contributed by atoms with Gasteiger partial charge in [0.05, 0.1) is 5.82 Å². The summed E-state index contributed by atoms with van der Waals surface area (Å²) in [5, 5.41) is 0. The third kappa shape index (κ3) is 3.70. The Morgan fingerprint density at radius 1 is 1.50 bits per heavy atom. The Hall–Kier alpha value is -0.590. The maximum Gasteiger partial charge on any atom is 0.361 e. The summed E-state index contributed by atoms with van der Waals surface area (Å²) in [5.41, 5.74) is 3.52. The lowest BCUT2D eigenvalue weighted by molar-refractivity contribution is 0.286. The molecule has 0 rings (SSSR count). The van der Waals surface area contributed by atoms with E-state index in [1.54, 1.807) is 13.0 Å². The van der Waals surface area contributed by atoms with Crippen LogP contribution in [-0.4, -0.2) is 14.2 Å². The van der Waals surface area contributed by atoms with Gasteiger partial charge in [-0.3, -0.25) is 4.57 Å². The van der Waals surface area contributed by atoms with Gasteiger partial charge >= 0.3 is 7.60 Å². The van der Waals surface area contributed by atoms with E-state index < -0.39 is 7.60 Å². The van der Waals surface area contributed by atoms with Crippen LogP contribution in [0.3, 0.4) is 0 Å². The monoisotopic (exact) mass is 188 g/mol. The maximum absolute atomic E-state index is 11.4. The summed E-state index contributed by atoms with van der Waals surface area (Å²) >= 11 is 0. The molecule has 0 radical (unpaired) electrons. The molecular weight excluding hydrogens is 175 g/mol. The summed E-state index contributed by atoms with van der Waals surface area (Å²) in [6.07, 6.45) is 1.60. The first kappa shape index (κ1) is 11.4. The molecule has 4 heteroatoms. The molecule has 0 aliphatic rings. The van der Waals surface area contributed by atoms with Crippen LogP contribution in [0.4, 0.5) is 0 Å². The van der Waals surface area contributed by atoms with E-state index in [-0.39, 0.29) is 0 Å². The van der Waals surface area contributed by atoms with E-state index in [9.17, 15) is 4.57 Å². The van der Waals surface area contributed by atoms with Gasteiger partial charge in [-0.1, -0.05) is 12.7 Å². The summed E-state index contributed by atoms with van der Waals surface area (Å²) in [6, 6.07) is 0. The molecule has 68 valence electrons. The van der Waals surface area contributed by atoms with E-state index in [0.29, 0.717) is 0 Å². The van der Waals surface area contributed by atoms with Gasteiger partial charge in [-0.25, -0.2) is 0 Å². The molecule has 0 N–H and O–H groups in total. The van der Waals surface area contributed by atoms with Gasteiger partial charge in [0, 0.05) is 14.2 Å². The molecule has 0 aromatic carbocycles. The molecule has 0 unspecified atom stereocenters. The summed E-state index contributed by atoms with van der Waals surface area (Å²) in [4.78, 5) is 0. The fraction of sp³-hybridized carbons (Fsp3) is 0.375. The van der Waals surface area contributed by atoms with Crippen molar-refractivity contribution in [2.75, 3.05) is 14.2 Å². The molecule has 0 amide bonds. The van der Waals surface area contributed by atoms with Gasteiger partial charge in [-0.05, 0) is 12.5 Å². The first-order valence-electron chi connectivity index (χ1n) is 3.36. The van der Waals surface area contributed by atoms with E-state index in [1.165, 1.54) is 20.0 Å². The maximum atomic E-state index is 11.4. The van der Waals surface area contributed by atoms with Crippen LogP contribution in [-0.2, 0) is 13.6 Å². The topological polar surface area (TPSA) is 35.5 Å². The Bertz CT molecular complexity index is 253. The van der Waals surface area contributed by atoms with Crippen molar-refractivity contribution in [1.82, 2.24) is 0 Å². The summed E-state index contributed by atoms with van der Waals surface area (Å²) in [5.74, 6) is 1.28. The first-order valence-corrected chi connectivity index (χ1v) is 4.97. The van der Waals surface area contributed by atoms with Gasteiger partial charge in [0.1, 0.15) is 0 Å². The molecule has 0 bridgehead atoms. The standard InChI is InChI=1S/C8H13O3P/c1-5-8(2)6-7-12(9,10-3)11-4/h5,7H,1H2,2-4H3. The highest BCUT2D eigenvalue weighted by atomic mass is 31.2. The lowest BCUT2D eigenvalue weighted by atomic mass is 10.3. The van der Waals surface area contributed by atoms with Crippen LogP contribution >= 0.6 is 7.60 Å². The van der Waals surface area contributed by atoms with Crippen molar-refractivity contribution in [3.63, 3.8) is 0 Å². The zero-order chi connectivity index (χ0) is 9.61. The average molecular weight is 188 g/mol. The molecule has 12 heavy (non-hydrogen) atoms. The second-order valence-corrected chi connectivity index (χ2v) is 4.13. The molecule has 0 heterocycles. The van der Waals surface area contributed by atoms with Gasteiger partial charge in [-0.2, -0.15) is 0 Å².